The number of aryl methyl sites for hydroxylation is 2. The van der Waals surface area contributed by atoms with Gasteiger partial charge < -0.3 is 10.2 Å². The molecule has 1 N–H and O–H groups in total. The van der Waals surface area contributed by atoms with Gasteiger partial charge in [0.25, 0.3) is 0 Å². The third-order valence-corrected chi connectivity index (χ3v) is 3.76. The molecule has 0 atom stereocenters. The topological polar surface area (TPSA) is 41.1 Å². The summed E-state index contributed by atoms with van der Waals surface area (Å²) in [5.74, 6) is 1.44. The van der Waals surface area contributed by atoms with Crippen LogP contribution in [0.15, 0.2) is 60.8 Å². The van der Waals surface area contributed by atoms with E-state index in [0.717, 1.165) is 17.2 Å². The molecular weight excluding hydrogens is 284 g/mol. The average Bonchev–Trinajstić information content (AvgIpc) is 2.58. The van der Waals surface area contributed by atoms with Crippen LogP contribution in [0.5, 0.6) is 0 Å². The van der Waals surface area contributed by atoms with Gasteiger partial charge in [-0.3, -0.25) is 0 Å². The van der Waals surface area contributed by atoms with Crippen molar-refractivity contribution in [1.29, 1.82) is 0 Å². The highest BCUT2D eigenvalue weighted by Crippen LogP contribution is 2.23. The summed E-state index contributed by atoms with van der Waals surface area (Å²) in [6, 6.07) is 18.3. The van der Waals surface area contributed by atoms with E-state index in [1.54, 1.807) is 6.20 Å². The highest BCUT2D eigenvalue weighted by Gasteiger charge is 2.07. The van der Waals surface area contributed by atoms with Crippen LogP contribution in [0, 0.1) is 13.8 Å². The molecule has 4 heteroatoms. The lowest BCUT2D eigenvalue weighted by molar-refractivity contribution is 1.08. The summed E-state index contributed by atoms with van der Waals surface area (Å²) in [7, 11) is 2.00. The predicted molar refractivity (Wildman–Crippen MR) is 95.7 cm³/mol. The SMILES string of the molecule is Cc1ccc(Nc2nccc(N(C)c3ccccc3)n2)c(C)c1. The lowest BCUT2D eigenvalue weighted by Gasteiger charge is -2.18. The Labute approximate surface area is 136 Å². The monoisotopic (exact) mass is 304 g/mol. The van der Waals surface area contributed by atoms with E-state index >= 15 is 0 Å². The zero-order chi connectivity index (χ0) is 16.2. The first kappa shape index (κ1) is 15.0. The van der Waals surface area contributed by atoms with Crippen LogP contribution in [0.2, 0.25) is 0 Å². The van der Waals surface area contributed by atoms with Gasteiger partial charge >= 0.3 is 0 Å². The first-order valence-electron chi connectivity index (χ1n) is 7.59. The number of rotatable bonds is 4. The summed E-state index contributed by atoms with van der Waals surface area (Å²) >= 11 is 0. The van der Waals surface area contributed by atoms with E-state index in [1.165, 1.54) is 11.1 Å². The number of benzene rings is 2. The molecular formula is C19H20N4. The molecule has 0 unspecified atom stereocenters. The second-order valence-corrected chi connectivity index (χ2v) is 5.58. The molecule has 2 aromatic carbocycles. The number of hydrogen-bond donors (Lipinski definition) is 1. The Morgan fingerprint density at radius 2 is 1.74 bits per heavy atom. The number of para-hydroxylation sites is 1. The minimum atomic E-state index is 0.595. The minimum absolute atomic E-state index is 0.595. The van der Waals surface area contributed by atoms with Gasteiger partial charge in [-0.2, -0.15) is 4.98 Å². The fourth-order valence-corrected chi connectivity index (χ4v) is 2.45. The lowest BCUT2D eigenvalue weighted by atomic mass is 10.1. The summed E-state index contributed by atoms with van der Waals surface area (Å²) in [6.07, 6.45) is 1.77. The molecule has 0 radical (unpaired) electrons. The normalized spacial score (nSPS) is 10.4. The Morgan fingerprint density at radius 1 is 0.957 bits per heavy atom. The van der Waals surface area contributed by atoms with Crippen LogP contribution in [0.25, 0.3) is 0 Å². The zero-order valence-corrected chi connectivity index (χ0v) is 13.6. The molecule has 0 bridgehead atoms. The van der Waals surface area contributed by atoms with Crippen molar-refractivity contribution in [2.45, 2.75) is 13.8 Å². The molecule has 0 fully saturated rings. The van der Waals surface area contributed by atoms with Gasteiger partial charge in [0.15, 0.2) is 0 Å². The first-order chi connectivity index (χ1) is 11.1. The van der Waals surface area contributed by atoms with Gasteiger partial charge in [-0.1, -0.05) is 35.9 Å². The Morgan fingerprint density at radius 3 is 2.48 bits per heavy atom. The highest BCUT2D eigenvalue weighted by molar-refractivity contribution is 5.63. The summed E-state index contributed by atoms with van der Waals surface area (Å²) < 4.78 is 0. The Kier molecular flexibility index (Phi) is 4.24. The Balaban J connectivity index is 1.85. The molecule has 0 aliphatic heterocycles. The van der Waals surface area contributed by atoms with Gasteiger partial charge in [0, 0.05) is 24.6 Å². The van der Waals surface area contributed by atoms with Crippen molar-refractivity contribution in [3.8, 4) is 0 Å². The molecule has 4 nitrogen and oxygen atoms in total. The number of aromatic nitrogens is 2. The zero-order valence-electron chi connectivity index (χ0n) is 13.6. The molecule has 1 heterocycles. The lowest BCUT2D eigenvalue weighted by Crippen LogP contribution is -2.12. The molecule has 3 aromatic rings. The first-order valence-corrected chi connectivity index (χ1v) is 7.59. The second-order valence-electron chi connectivity index (χ2n) is 5.58. The van der Waals surface area contributed by atoms with Crippen molar-refractivity contribution < 1.29 is 0 Å². The second kappa shape index (κ2) is 6.48. The number of hydrogen-bond acceptors (Lipinski definition) is 4. The summed E-state index contributed by atoms with van der Waals surface area (Å²) in [4.78, 5) is 11.0. The highest BCUT2D eigenvalue weighted by atomic mass is 15.2. The maximum absolute atomic E-state index is 4.61. The Bertz CT molecular complexity index is 799. The van der Waals surface area contributed by atoms with E-state index in [1.807, 2.05) is 36.2 Å². The number of nitrogens with one attached hydrogen (secondary N) is 1. The van der Waals surface area contributed by atoms with Gasteiger partial charge in [-0.05, 0) is 43.7 Å². The van der Waals surface area contributed by atoms with Crippen LogP contribution in [0.4, 0.5) is 23.1 Å². The molecule has 116 valence electrons. The van der Waals surface area contributed by atoms with Crippen LogP contribution in [0.1, 0.15) is 11.1 Å². The maximum atomic E-state index is 4.61. The third kappa shape index (κ3) is 3.48. The van der Waals surface area contributed by atoms with Gasteiger partial charge in [-0.25, -0.2) is 4.98 Å². The molecule has 1 aromatic heterocycles. The molecule has 0 aliphatic rings. The molecule has 3 rings (SSSR count). The molecule has 0 saturated heterocycles. The fourth-order valence-electron chi connectivity index (χ4n) is 2.45. The summed E-state index contributed by atoms with van der Waals surface area (Å²) in [5.41, 5.74) is 4.53. The van der Waals surface area contributed by atoms with Gasteiger partial charge in [0.1, 0.15) is 5.82 Å². The molecule has 0 aliphatic carbocycles. The summed E-state index contributed by atoms with van der Waals surface area (Å²) in [5, 5.41) is 3.30. The van der Waals surface area contributed by atoms with Crippen molar-refractivity contribution >= 4 is 23.1 Å². The van der Waals surface area contributed by atoms with Crippen LogP contribution < -0.4 is 10.2 Å². The standard InChI is InChI=1S/C19H20N4/c1-14-9-10-17(15(2)13-14)21-19-20-12-11-18(22-19)23(3)16-7-5-4-6-8-16/h4-13H,1-3H3,(H,20,21,22). The minimum Gasteiger partial charge on any atom is -0.329 e. The molecule has 23 heavy (non-hydrogen) atoms. The maximum Gasteiger partial charge on any atom is 0.229 e. The Hall–Kier alpha value is -2.88. The van der Waals surface area contributed by atoms with E-state index < -0.39 is 0 Å². The smallest absolute Gasteiger partial charge is 0.229 e. The van der Waals surface area contributed by atoms with Crippen molar-refractivity contribution in [2.75, 3.05) is 17.3 Å². The molecule has 0 amide bonds. The summed E-state index contributed by atoms with van der Waals surface area (Å²) in [6.45, 7) is 4.16. The van der Waals surface area contributed by atoms with Crippen LogP contribution in [-0.2, 0) is 0 Å². The molecule has 0 saturated carbocycles. The van der Waals surface area contributed by atoms with Crippen LogP contribution in [0.3, 0.4) is 0 Å². The van der Waals surface area contributed by atoms with Gasteiger partial charge in [0.05, 0.1) is 0 Å². The molecule has 0 spiro atoms. The van der Waals surface area contributed by atoms with Crippen molar-refractivity contribution in [3.05, 3.63) is 71.9 Å². The van der Waals surface area contributed by atoms with Crippen molar-refractivity contribution in [2.24, 2.45) is 0 Å². The predicted octanol–water partition coefficient (Wildman–Crippen LogP) is 4.60. The van der Waals surface area contributed by atoms with Crippen LogP contribution in [-0.4, -0.2) is 17.0 Å². The fraction of sp³-hybridized carbons (Fsp3) is 0.158. The quantitative estimate of drug-likeness (QED) is 0.764. The van der Waals surface area contributed by atoms with Gasteiger partial charge in [0.2, 0.25) is 5.95 Å². The van der Waals surface area contributed by atoms with E-state index in [-0.39, 0.29) is 0 Å². The van der Waals surface area contributed by atoms with E-state index in [4.69, 9.17) is 0 Å². The van der Waals surface area contributed by atoms with E-state index in [2.05, 4.69) is 59.5 Å². The van der Waals surface area contributed by atoms with E-state index in [0.29, 0.717) is 5.95 Å². The largest absolute Gasteiger partial charge is 0.329 e. The van der Waals surface area contributed by atoms with Crippen molar-refractivity contribution in [3.63, 3.8) is 0 Å². The average molecular weight is 304 g/mol. The third-order valence-electron chi connectivity index (χ3n) is 3.76. The van der Waals surface area contributed by atoms with Gasteiger partial charge in [-0.15, -0.1) is 0 Å². The van der Waals surface area contributed by atoms with Crippen LogP contribution >= 0.6 is 0 Å². The van der Waals surface area contributed by atoms with E-state index in [9.17, 15) is 0 Å². The van der Waals surface area contributed by atoms with Crippen molar-refractivity contribution in [1.82, 2.24) is 9.97 Å². The number of anilines is 4. The number of nitrogens with zero attached hydrogens (tertiary/aromatic N) is 3.